The molecule has 0 spiro atoms. The van der Waals surface area contributed by atoms with Crippen LogP contribution in [0.15, 0.2) is 53.3 Å². The standard InChI is InChI=1S/C27H27N5O3/c1-3-22-30-25-23(27(33)31(22)16-18-10-8-14-35-18)24-26(29-20-12-6-5-11-19(20)28-24)32(25)15-17-9-4-7-13-21(17)34-2/h4-7,9,11-13,18H,3,8,10,14-16H2,1-2H3. The Morgan fingerprint density at radius 3 is 2.51 bits per heavy atom. The smallest absolute Gasteiger partial charge is 0.265 e. The van der Waals surface area contributed by atoms with Gasteiger partial charge in [-0.15, -0.1) is 0 Å². The van der Waals surface area contributed by atoms with Crippen LogP contribution in [0.5, 0.6) is 5.75 Å². The Morgan fingerprint density at radius 1 is 1.00 bits per heavy atom. The molecule has 2 aromatic carbocycles. The van der Waals surface area contributed by atoms with Crippen LogP contribution in [-0.4, -0.2) is 43.9 Å². The molecule has 1 saturated heterocycles. The number of nitrogens with zero attached hydrogens (tertiary/aromatic N) is 5. The fraction of sp³-hybridized carbons (Fsp3) is 0.333. The van der Waals surface area contributed by atoms with Gasteiger partial charge in [0.1, 0.15) is 22.5 Å². The maximum Gasteiger partial charge on any atom is 0.265 e. The minimum Gasteiger partial charge on any atom is -0.496 e. The van der Waals surface area contributed by atoms with Gasteiger partial charge in [-0.05, 0) is 31.0 Å². The molecule has 5 aromatic rings. The lowest BCUT2D eigenvalue weighted by molar-refractivity contribution is 0.0953. The summed E-state index contributed by atoms with van der Waals surface area (Å²) in [6.45, 7) is 3.73. The van der Waals surface area contributed by atoms with Gasteiger partial charge in [0.05, 0.1) is 37.3 Å². The third-order valence-corrected chi connectivity index (χ3v) is 6.78. The quantitative estimate of drug-likeness (QED) is 0.372. The molecule has 8 heteroatoms. The minimum absolute atomic E-state index is 0.0334. The van der Waals surface area contributed by atoms with Crippen LogP contribution < -0.4 is 10.3 Å². The average Bonchev–Trinajstić information content (AvgIpc) is 3.51. The summed E-state index contributed by atoms with van der Waals surface area (Å²) in [6, 6.07) is 15.6. The van der Waals surface area contributed by atoms with Crippen molar-refractivity contribution in [1.29, 1.82) is 0 Å². The third kappa shape index (κ3) is 3.65. The van der Waals surface area contributed by atoms with Crippen molar-refractivity contribution in [2.75, 3.05) is 13.7 Å². The summed E-state index contributed by atoms with van der Waals surface area (Å²) in [5, 5.41) is 0.503. The molecule has 0 amide bonds. The second-order valence-corrected chi connectivity index (χ2v) is 8.91. The first-order valence-electron chi connectivity index (χ1n) is 12.1. The first kappa shape index (κ1) is 21.7. The molecular weight excluding hydrogens is 442 g/mol. The fourth-order valence-corrected chi connectivity index (χ4v) is 5.04. The van der Waals surface area contributed by atoms with E-state index in [1.54, 1.807) is 11.7 Å². The number of hydrogen-bond donors (Lipinski definition) is 0. The summed E-state index contributed by atoms with van der Waals surface area (Å²) in [5.74, 6) is 1.52. The van der Waals surface area contributed by atoms with Crippen LogP contribution in [0, 0.1) is 0 Å². The molecule has 1 fully saturated rings. The van der Waals surface area contributed by atoms with Crippen molar-refractivity contribution in [1.82, 2.24) is 24.1 Å². The Balaban J connectivity index is 1.66. The maximum absolute atomic E-state index is 14.0. The second kappa shape index (κ2) is 8.78. The van der Waals surface area contributed by atoms with E-state index in [1.165, 1.54) is 0 Å². The molecule has 1 aliphatic heterocycles. The van der Waals surface area contributed by atoms with E-state index >= 15 is 0 Å². The highest BCUT2D eigenvalue weighted by molar-refractivity contribution is 6.04. The molecule has 6 rings (SSSR count). The van der Waals surface area contributed by atoms with E-state index in [9.17, 15) is 4.79 Å². The van der Waals surface area contributed by atoms with Gasteiger partial charge in [0.15, 0.2) is 11.3 Å². The highest BCUT2D eigenvalue weighted by Crippen LogP contribution is 2.28. The number of aryl methyl sites for hydroxylation is 1. The van der Waals surface area contributed by atoms with Crippen molar-refractivity contribution in [3.63, 3.8) is 0 Å². The van der Waals surface area contributed by atoms with Crippen molar-refractivity contribution in [2.24, 2.45) is 0 Å². The van der Waals surface area contributed by atoms with E-state index in [0.29, 0.717) is 41.7 Å². The molecule has 178 valence electrons. The fourth-order valence-electron chi connectivity index (χ4n) is 5.04. The number of methoxy groups -OCH3 is 1. The van der Waals surface area contributed by atoms with Crippen molar-refractivity contribution in [2.45, 2.75) is 45.4 Å². The van der Waals surface area contributed by atoms with Crippen LogP contribution in [-0.2, 0) is 24.2 Å². The van der Waals surface area contributed by atoms with E-state index in [1.807, 2.05) is 60.0 Å². The van der Waals surface area contributed by atoms with Gasteiger partial charge in [-0.1, -0.05) is 37.3 Å². The number of fused-ring (bicyclic) bond motifs is 4. The molecule has 0 radical (unpaired) electrons. The first-order valence-corrected chi connectivity index (χ1v) is 12.1. The Bertz CT molecular complexity index is 1610. The summed E-state index contributed by atoms with van der Waals surface area (Å²) in [7, 11) is 1.66. The SMILES string of the molecule is CCc1nc2c(c(=O)n1CC1CCCO1)c1nc3ccccc3nc1n2Cc1ccccc1OC. The van der Waals surface area contributed by atoms with Gasteiger partial charge in [-0.3, -0.25) is 9.36 Å². The predicted octanol–water partition coefficient (Wildman–Crippen LogP) is 4.09. The largest absolute Gasteiger partial charge is 0.496 e. The summed E-state index contributed by atoms with van der Waals surface area (Å²) in [6.07, 6.45) is 2.64. The molecule has 0 saturated carbocycles. The molecule has 35 heavy (non-hydrogen) atoms. The first-order chi connectivity index (χ1) is 17.2. The molecule has 4 heterocycles. The Labute approximate surface area is 202 Å². The van der Waals surface area contributed by atoms with Crippen molar-refractivity contribution >= 4 is 33.2 Å². The van der Waals surface area contributed by atoms with Gasteiger partial charge in [-0.25, -0.2) is 15.0 Å². The van der Waals surface area contributed by atoms with Crippen LogP contribution >= 0.6 is 0 Å². The van der Waals surface area contributed by atoms with Crippen LogP contribution in [0.25, 0.3) is 33.2 Å². The Hall–Kier alpha value is -3.78. The number of para-hydroxylation sites is 3. The predicted molar refractivity (Wildman–Crippen MR) is 135 cm³/mol. The molecule has 3 aromatic heterocycles. The summed E-state index contributed by atoms with van der Waals surface area (Å²) in [4.78, 5) is 28.9. The molecule has 1 aliphatic rings. The second-order valence-electron chi connectivity index (χ2n) is 8.91. The Kier molecular flexibility index (Phi) is 5.45. The number of aromatic nitrogens is 5. The molecule has 0 bridgehead atoms. The maximum atomic E-state index is 14.0. The topological polar surface area (TPSA) is 84.1 Å². The molecule has 0 N–H and O–H groups in total. The van der Waals surface area contributed by atoms with Gasteiger partial charge in [0.25, 0.3) is 5.56 Å². The average molecular weight is 470 g/mol. The van der Waals surface area contributed by atoms with Crippen LogP contribution in [0.1, 0.15) is 31.2 Å². The van der Waals surface area contributed by atoms with Crippen LogP contribution in [0.2, 0.25) is 0 Å². The zero-order valence-corrected chi connectivity index (χ0v) is 19.9. The molecule has 1 unspecified atom stereocenters. The van der Waals surface area contributed by atoms with Crippen LogP contribution in [0.3, 0.4) is 0 Å². The minimum atomic E-state index is -0.0873. The van der Waals surface area contributed by atoms with E-state index in [4.69, 9.17) is 24.4 Å². The molecule has 0 aliphatic carbocycles. The van der Waals surface area contributed by atoms with Crippen molar-refractivity contribution in [3.05, 3.63) is 70.3 Å². The van der Waals surface area contributed by atoms with Gasteiger partial charge < -0.3 is 14.0 Å². The number of ether oxygens (including phenoxy) is 2. The van der Waals surface area contributed by atoms with E-state index in [2.05, 4.69) is 0 Å². The monoisotopic (exact) mass is 469 g/mol. The van der Waals surface area contributed by atoms with Crippen molar-refractivity contribution in [3.8, 4) is 5.75 Å². The number of hydrogen-bond acceptors (Lipinski definition) is 6. The number of benzene rings is 2. The summed E-state index contributed by atoms with van der Waals surface area (Å²) >= 11 is 0. The van der Waals surface area contributed by atoms with Gasteiger partial charge >= 0.3 is 0 Å². The lowest BCUT2D eigenvalue weighted by atomic mass is 10.2. The highest BCUT2D eigenvalue weighted by Gasteiger charge is 2.25. The van der Waals surface area contributed by atoms with Gasteiger partial charge in [0.2, 0.25) is 0 Å². The van der Waals surface area contributed by atoms with Crippen LogP contribution in [0.4, 0.5) is 0 Å². The molecule has 8 nitrogen and oxygen atoms in total. The lowest BCUT2D eigenvalue weighted by Gasteiger charge is -2.16. The van der Waals surface area contributed by atoms with E-state index < -0.39 is 0 Å². The van der Waals surface area contributed by atoms with Gasteiger partial charge in [0, 0.05) is 18.6 Å². The molecular formula is C27H27N5O3. The Morgan fingerprint density at radius 2 is 1.77 bits per heavy atom. The zero-order valence-electron chi connectivity index (χ0n) is 19.9. The lowest BCUT2D eigenvalue weighted by Crippen LogP contribution is -2.30. The summed E-state index contributed by atoms with van der Waals surface area (Å²) in [5.41, 5.74) is 4.25. The van der Waals surface area contributed by atoms with E-state index in [0.717, 1.165) is 47.6 Å². The van der Waals surface area contributed by atoms with Gasteiger partial charge in [-0.2, -0.15) is 0 Å². The molecule has 1 atom stereocenters. The van der Waals surface area contributed by atoms with Crippen molar-refractivity contribution < 1.29 is 9.47 Å². The number of rotatable bonds is 6. The third-order valence-electron chi connectivity index (χ3n) is 6.78. The zero-order chi connectivity index (χ0) is 23.9. The van der Waals surface area contributed by atoms with E-state index in [-0.39, 0.29) is 11.7 Å². The summed E-state index contributed by atoms with van der Waals surface area (Å²) < 4.78 is 15.2. The highest BCUT2D eigenvalue weighted by atomic mass is 16.5. The normalized spacial score (nSPS) is 16.0.